The van der Waals surface area contributed by atoms with Crippen LogP contribution in [-0.2, 0) is 21.2 Å². The number of likely N-dealkylation sites (tertiary alicyclic amines) is 1. The SMILES string of the molecule is CCCS(=O)(=O)N[C@@H](Cc1c[nH]c2ccccc12)C(=O)N1CCC(C)CC1. The van der Waals surface area contributed by atoms with Crippen LogP contribution in [0.2, 0.25) is 0 Å². The third-order valence-corrected chi connectivity index (χ3v) is 6.88. The highest BCUT2D eigenvalue weighted by molar-refractivity contribution is 7.89. The Kier molecular flexibility index (Phi) is 6.22. The van der Waals surface area contributed by atoms with Crippen molar-refractivity contribution < 1.29 is 13.2 Å². The second-order valence-corrected chi connectivity index (χ2v) is 9.43. The predicted molar refractivity (Wildman–Crippen MR) is 108 cm³/mol. The lowest BCUT2D eigenvalue weighted by Crippen LogP contribution is -2.51. The number of para-hydroxylation sites is 1. The van der Waals surface area contributed by atoms with Crippen molar-refractivity contribution in [1.29, 1.82) is 0 Å². The van der Waals surface area contributed by atoms with E-state index in [4.69, 9.17) is 0 Å². The Morgan fingerprint density at radius 3 is 2.70 bits per heavy atom. The summed E-state index contributed by atoms with van der Waals surface area (Å²) in [6, 6.07) is 7.09. The van der Waals surface area contributed by atoms with E-state index in [9.17, 15) is 13.2 Å². The van der Waals surface area contributed by atoms with Crippen LogP contribution in [0.4, 0.5) is 0 Å². The molecule has 2 aromatic rings. The van der Waals surface area contributed by atoms with Gasteiger partial charge in [0.1, 0.15) is 6.04 Å². The van der Waals surface area contributed by atoms with E-state index in [-0.39, 0.29) is 11.7 Å². The van der Waals surface area contributed by atoms with Gasteiger partial charge in [0, 0.05) is 30.2 Å². The number of nitrogens with one attached hydrogen (secondary N) is 2. The first kappa shape index (κ1) is 19.9. The molecule has 0 bridgehead atoms. The molecular formula is C20H29N3O3S. The topological polar surface area (TPSA) is 82.3 Å². The Bertz CT molecular complexity index is 883. The Morgan fingerprint density at radius 1 is 1.30 bits per heavy atom. The highest BCUT2D eigenvalue weighted by atomic mass is 32.2. The van der Waals surface area contributed by atoms with Crippen LogP contribution in [-0.4, -0.2) is 49.1 Å². The van der Waals surface area contributed by atoms with E-state index in [1.807, 2.05) is 42.3 Å². The Balaban J connectivity index is 1.84. The Labute approximate surface area is 161 Å². The second kappa shape index (κ2) is 8.44. The van der Waals surface area contributed by atoms with E-state index in [1.54, 1.807) is 0 Å². The fourth-order valence-electron chi connectivity index (χ4n) is 3.69. The van der Waals surface area contributed by atoms with Gasteiger partial charge in [-0.25, -0.2) is 13.1 Å². The highest BCUT2D eigenvalue weighted by Crippen LogP contribution is 2.22. The van der Waals surface area contributed by atoms with E-state index in [0.29, 0.717) is 31.8 Å². The Morgan fingerprint density at radius 2 is 2.00 bits per heavy atom. The van der Waals surface area contributed by atoms with Crippen molar-refractivity contribution in [3.05, 3.63) is 36.0 Å². The number of benzene rings is 1. The summed E-state index contributed by atoms with van der Waals surface area (Å²) in [7, 11) is -3.49. The van der Waals surface area contributed by atoms with Gasteiger partial charge in [0.2, 0.25) is 15.9 Å². The lowest BCUT2D eigenvalue weighted by molar-refractivity contribution is -0.134. The molecule has 1 saturated heterocycles. The first-order valence-electron chi connectivity index (χ1n) is 9.73. The molecule has 1 aliphatic heterocycles. The standard InChI is InChI=1S/C20H29N3O3S/c1-3-12-27(25,26)22-19(20(24)23-10-8-15(2)9-11-23)13-16-14-21-18-7-5-4-6-17(16)18/h4-7,14-15,19,21-22H,3,8-13H2,1-2H3/t19-/m0/s1. The van der Waals surface area contributed by atoms with Crippen LogP contribution >= 0.6 is 0 Å². The number of amides is 1. The molecule has 1 fully saturated rings. The van der Waals surface area contributed by atoms with Gasteiger partial charge in [0.05, 0.1) is 5.75 Å². The van der Waals surface area contributed by atoms with Crippen LogP contribution in [0, 0.1) is 5.92 Å². The number of carbonyl (C=O) groups excluding carboxylic acids is 1. The van der Waals surface area contributed by atoms with Crippen molar-refractivity contribution in [3.8, 4) is 0 Å². The average molecular weight is 392 g/mol. The van der Waals surface area contributed by atoms with Crippen LogP contribution in [0.1, 0.15) is 38.7 Å². The molecule has 1 aromatic heterocycles. The van der Waals surface area contributed by atoms with Crippen LogP contribution in [0.5, 0.6) is 0 Å². The van der Waals surface area contributed by atoms with Gasteiger partial charge in [-0.05, 0) is 43.2 Å². The van der Waals surface area contributed by atoms with Gasteiger partial charge in [0.15, 0.2) is 0 Å². The fourth-order valence-corrected chi connectivity index (χ4v) is 4.97. The first-order valence-corrected chi connectivity index (χ1v) is 11.4. The van der Waals surface area contributed by atoms with Gasteiger partial charge in [-0.15, -0.1) is 0 Å². The van der Waals surface area contributed by atoms with Crippen LogP contribution in [0.25, 0.3) is 10.9 Å². The summed E-state index contributed by atoms with van der Waals surface area (Å²) >= 11 is 0. The number of piperidine rings is 1. The molecule has 1 aromatic carbocycles. The van der Waals surface area contributed by atoms with Crippen LogP contribution in [0.3, 0.4) is 0 Å². The minimum absolute atomic E-state index is 0.0295. The normalized spacial score (nSPS) is 17.3. The zero-order valence-electron chi connectivity index (χ0n) is 16.1. The van der Waals surface area contributed by atoms with Gasteiger partial charge in [-0.2, -0.15) is 0 Å². The molecule has 2 heterocycles. The number of H-pyrrole nitrogens is 1. The monoisotopic (exact) mass is 391 g/mol. The zero-order chi connectivity index (χ0) is 19.4. The maximum atomic E-state index is 13.1. The van der Waals surface area contributed by atoms with Crippen molar-refractivity contribution >= 4 is 26.8 Å². The summed E-state index contributed by atoms with van der Waals surface area (Å²) in [5.74, 6) is 0.520. The van der Waals surface area contributed by atoms with Crippen molar-refractivity contribution in [2.75, 3.05) is 18.8 Å². The maximum Gasteiger partial charge on any atom is 0.241 e. The molecule has 148 valence electrons. The number of nitrogens with zero attached hydrogens (tertiary/aromatic N) is 1. The summed E-state index contributed by atoms with van der Waals surface area (Å²) in [5.41, 5.74) is 1.94. The molecule has 0 aliphatic carbocycles. The number of sulfonamides is 1. The van der Waals surface area contributed by atoms with Gasteiger partial charge in [-0.3, -0.25) is 4.79 Å². The number of carbonyl (C=O) groups is 1. The van der Waals surface area contributed by atoms with Gasteiger partial charge < -0.3 is 9.88 Å². The number of rotatable bonds is 7. The summed E-state index contributed by atoms with van der Waals surface area (Å²) in [6.45, 7) is 5.40. The molecule has 1 aliphatic rings. The molecule has 27 heavy (non-hydrogen) atoms. The molecule has 0 unspecified atom stereocenters. The van der Waals surface area contributed by atoms with E-state index >= 15 is 0 Å². The minimum Gasteiger partial charge on any atom is -0.361 e. The number of aromatic nitrogens is 1. The lowest BCUT2D eigenvalue weighted by atomic mass is 9.98. The zero-order valence-corrected chi connectivity index (χ0v) is 16.9. The van der Waals surface area contributed by atoms with Gasteiger partial charge in [0.25, 0.3) is 0 Å². The van der Waals surface area contributed by atoms with Crippen molar-refractivity contribution in [1.82, 2.24) is 14.6 Å². The van der Waals surface area contributed by atoms with E-state index in [1.165, 1.54) is 0 Å². The molecular weight excluding hydrogens is 362 g/mol. The van der Waals surface area contributed by atoms with Crippen molar-refractivity contribution in [2.24, 2.45) is 5.92 Å². The maximum absolute atomic E-state index is 13.1. The summed E-state index contributed by atoms with van der Waals surface area (Å²) in [6.07, 6.45) is 4.67. The Hall–Kier alpha value is -1.86. The molecule has 0 spiro atoms. The van der Waals surface area contributed by atoms with Gasteiger partial charge >= 0.3 is 0 Å². The van der Waals surface area contributed by atoms with Crippen LogP contribution < -0.4 is 4.72 Å². The predicted octanol–water partition coefficient (Wildman–Crippen LogP) is 2.67. The molecule has 1 amide bonds. The summed E-state index contributed by atoms with van der Waals surface area (Å²) < 4.78 is 27.4. The summed E-state index contributed by atoms with van der Waals surface area (Å²) in [4.78, 5) is 18.2. The van der Waals surface area contributed by atoms with Crippen molar-refractivity contribution in [2.45, 2.75) is 45.6 Å². The minimum atomic E-state index is -3.49. The van der Waals surface area contributed by atoms with Gasteiger partial charge in [-0.1, -0.05) is 32.0 Å². The quantitative estimate of drug-likeness (QED) is 0.761. The highest BCUT2D eigenvalue weighted by Gasteiger charge is 2.30. The third kappa shape index (κ3) is 4.90. The van der Waals surface area contributed by atoms with E-state index < -0.39 is 16.1 Å². The smallest absolute Gasteiger partial charge is 0.241 e. The molecule has 7 heteroatoms. The molecule has 2 N–H and O–H groups in total. The number of hydrogen-bond acceptors (Lipinski definition) is 3. The summed E-state index contributed by atoms with van der Waals surface area (Å²) in [5, 5.41) is 1.03. The number of fused-ring (bicyclic) bond motifs is 1. The van der Waals surface area contributed by atoms with Crippen molar-refractivity contribution in [3.63, 3.8) is 0 Å². The molecule has 0 saturated carbocycles. The van der Waals surface area contributed by atoms with Crippen LogP contribution in [0.15, 0.2) is 30.5 Å². The number of hydrogen-bond donors (Lipinski definition) is 2. The molecule has 0 radical (unpaired) electrons. The largest absolute Gasteiger partial charge is 0.361 e. The molecule has 3 rings (SSSR count). The van der Waals surface area contributed by atoms with E-state index in [0.717, 1.165) is 29.3 Å². The third-order valence-electron chi connectivity index (χ3n) is 5.29. The first-order chi connectivity index (χ1) is 12.9. The number of aromatic amines is 1. The molecule has 6 nitrogen and oxygen atoms in total. The lowest BCUT2D eigenvalue weighted by Gasteiger charge is -2.33. The molecule has 1 atom stereocenters. The van der Waals surface area contributed by atoms with E-state index in [2.05, 4.69) is 16.6 Å². The average Bonchev–Trinajstić information content (AvgIpc) is 3.04. The second-order valence-electron chi connectivity index (χ2n) is 7.56. The fraction of sp³-hybridized carbons (Fsp3) is 0.550.